The number of piperidine rings is 1. The molecule has 2 unspecified atom stereocenters. The van der Waals surface area contributed by atoms with Crippen molar-refractivity contribution in [2.75, 3.05) is 13.1 Å². The smallest absolute Gasteiger partial charge is 0.265 e. The van der Waals surface area contributed by atoms with E-state index in [1.54, 1.807) is 0 Å². The third kappa shape index (κ3) is 3.63. The van der Waals surface area contributed by atoms with E-state index in [-0.39, 0.29) is 24.4 Å². The van der Waals surface area contributed by atoms with Crippen molar-refractivity contribution < 1.29 is 4.79 Å². The number of amides is 1. The number of halogens is 2. The molecule has 2 heterocycles. The molecule has 0 aliphatic carbocycles. The van der Waals surface area contributed by atoms with Crippen LogP contribution in [-0.2, 0) is 0 Å². The van der Waals surface area contributed by atoms with Crippen LogP contribution in [0.3, 0.4) is 0 Å². The Labute approximate surface area is 129 Å². The average Bonchev–Trinajstić information content (AvgIpc) is 2.69. The Hall–Kier alpha value is -0.290. The molecule has 0 aromatic carbocycles. The van der Waals surface area contributed by atoms with Crippen molar-refractivity contribution in [2.24, 2.45) is 11.7 Å². The van der Waals surface area contributed by atoms with Crippen molar-refractivity contribution in [3.05, 3.63) is 20.8 Å². The molecule has 3 nitrogen and oxygen atoms in total. The molecule has 1 aliphatic heterocycles. The first kappa shape index (κ1) is 16.8. The summed E-state index contributed by atoms with van der Waals surface area (Å²) in [7, 11) is 0. The van der Waals surface area contributed by atoms with Gasteiger partial charge < -0.3 is 10.6 Å². The molecule has 2 N–H and O–H groups in total. The Balaban J connectivity index is 0.00000180. The number of hydrogen-bond acceptors (Lipinski definition) is 3. The average molecular weight is 323 g/mol. The van der Waals surface area contributed by atoms with Crippen molar-refractivity contribution >= 4 is 41.3 Å². The van der Waals surface area contributed by atoms with Gasteiger partial charge in [-0.3, -0.25) is 4.79 Å². The maximum Gasteiger partial charge on any atom is 0.265 e. The van der Waals surface area contributed by atoms with Gasteiger partial charge in [0.2, 0.25) is 0 Å². The number of aryl methyl sites for hydroxylation is 1. The van der Waals surface area contributed by atoms with Crippen LogP contribution in [0.2, 0.25) is 5.02 Å². The maximum atomic E-state index is 12.4. The summed E-state index contributed by atoms with van der Waals surface area (Å²) < 4.78 is 0. The van der Waals surface area contributed by atoms with Gasteiger partial charge >= 0.3 is 0 Å². The highest BCUT2D eigenvalue weighted by Gasteiger charge is 2.28. The molecular weight excluding hydrogens is 303 g/mol. The van der Waals surface area contributed by atoms with Crippen LogP contribution in [-0.4, -0.2) is 29.9 Å². The quantitative estimate of drug-likeness (QED) is 0.907. The van der Waals surface area contributed by atoms with E-state index < -0.39 is 0 Å². The van der Waals surface area contributed by atoms with Crippen molar-refractivity contribution in [3.8, 4) is 0 Å². The third-order valence-corrected chi connectivity index (χ3v) is 5.27. The van der Waals surface area contributed by atoms with Crippen molar-refractivity contribution in [1.82, 2.24) is 4.90 Å². The Morgan fingerprint density at radius 2 is 2.32 bits per heavy atom. The second kappa shape index (κ2) is 6.93. The highest BCUT2D eigenvalue weighted by molar-refractivity contribution is 7.13. The minimum absolute atomic E-state index is 0. The zero-order valence-corrected chi connectivity index (χ0v) is 13.6. The van der Waals surface area contributed by atoms with Crippen LogP contribution in [0.15, 0.2) is 5.38 Å². The topological polar surface area (TPSA) is 46.3 Å². The molecule has 1 aromatic rings. The van der Waals surface area contributed by atoms with Gasteiger partial charge in [-0.05, 0) is 43.6 Å². The van der Waals surface area contributed by atoms with E-state index >= 15 is 0 Å². The van der Waals surface area contributed by atoms with E-state index in [0.717, 1.165) is 31.5 Å². The fourth-order valence-electron chi connectivity index (χ4n) is 2.34. The monoisotopic (exact) mass is 322 g/mol. The summed E-state index contributed by atoms with van der Waals surface area (Å²) >= 11 is 7.59. The highest BCUT2D eigenvalue weighted by Crippen LogP contribution is 2.30. The van der Waals surface area contributed by atoms with Gasteiger partial charge in [-0.1, -0.05) is 11.6 Å². The number of likely N-dealkylation sites (tertiary alicyclic amines) is 1. The first-order valence-electron chi connectivity index (χ1n) is 6.29. The predicted octanol–water partition coefficient (Wildman–Crippen LogP) is 3.33. The lowest BCUT2D eigenvalue weighted by atomic mass is 9.92. The summed E-state index contributed by atoms with van der Waals surface area (Å²) in [6, 6.07) is 0.140. The van der Waals surface area contributed by atoms with Crippen LogP contribution in [0.5, 0.6) is 0 Å². The summed E-state index contributed by atoms with van der Waals surface area (Å²) in [5.74, 6) is 0.464. The molecule has 108 valence electrons. The largest absolute Gasteiger partial charge is 0.338 e. The number of rotatable bonds is 2. The van der Waals surface area contributed by atoms with Gasteiger partial charge in [0.25, 0.3) is 5.91 Å². The lowest BCUT2D eigenvalue weighted by Gasteiger charge is -2.34. The molecular formula is C13H20Cl2N2OS. The maximum absolute atomic E-state index is 12.4. The Morgan fingerprint density at radius 1 is 1.63 bits per heavy atom. The SMILES string of the molecule is Cc1csc(C(=O)N2CCCC(C(C)N)C2)c1Cl.Cl. The highest BCUT2D eigenvalue weighted by atomic mass is 35.5. The van der Waals surface area contributed by atoms with Crippen LogP contribution in [0.25, 0.3) is 0 Å². The van der Waals surface area contributed by atoms with E-state index in [0.29, 0.717) is 15.8 Å². The fraction of sp³-hybridized carbons (Fsp3) is 0.615. The standard InChI is InChI=1S/C13H19ClN2OS.ClH/c1-8-7-18-12(11(8)14)13(17)16-5-3-4-10(6-16)9(2)15;/h7,9-10H,3-6,15H2,1-2H3;1H. The Kier molecular flexibility index (Phi) is 6.12. The zero-order chi connectivity index (χ0) is 13.3. The normalized spacial score (nSPS) is 20.8. The second-order valence-corrected chi connectivity index (χ2v) is 6.33. The van der Waals surface area contributed by atoms with Gasteiger partial charge in [-0.25, -0.2) is 0 Å². The fourth-order valence-corrected chi connectivity index (χ4v) is 3.58. The van der Waals surface area contributed by atoms with Crippen molar-refractivity contribution in [1.29, 1.82) is 0 Å². The van der Waals surface area contributed by atoms with E-state index in [1.165, 1.54) is 11.3 Å². The summed E-state index contributed by atoms with van der Waals surface area (Å²) in [6.45, 7) is 5.51. The molecule has 1 aromatic heterocycles. The first-order chi connectivity index (χ1) is 8.50. The molecule has 0 radical (unpaired) electrons. The molecule has 1 fully saturated rings. The van der Waals surface area contributed by atoms with Crippen LogP contribution in [0.4, 0.5) is 0 Å². The van der Waals surface area contributed by atoms with Crippen LogP contribution < -0.4 is 5.73 Å². The lowest BCUT2D eigenvalue weighted by molar-refractivity contribution is 0.0666. The van der Waals surface area contributed by atoms with Crippen molar-refractivity contribution in [2.45, 2.75) is 32.7 Å². The molecule has 0 spiro atoms. The van der Waals surface area contributed by atoms with Gasteiger partial charge in [0.1, 0.15) is 4.88 Å². The van der Waals surface area contributed by atoms with E-state index in [2.05, 4.69) is 0 Å². The molecule has 2 atom stereocenters. The minimum atomic E-state index is 0. The lowest BCUT2D eigenvalue weighted by Crippen LogP contribution is -2.44. The number of carbonyl (C=O) groups excluding carboxylic acids is 1. The molecule has 0 saturated carbocycles. The number of nitrogens with two attached hydrogens (primary N) is 1. The predicted molar refractivity (Wildman–Crippen MR) is 83.6 cm³/mol. The molecule has 19 heavy (non-hydrogen) atoms. The minimum Gasteiger partial charge on any atom is -0.338 e. The number of thiophene rings is 1. The van der Waals surface area contributed by atoms with Crippen LogP contribution >= 0.6 is 35.3 Å². The summed E-state index contributed by atoms with van der Waals surface area (Å²) in [4.78, 5) is 15.0. The number of nitrogens with zero attached hydrogens (tertiary/aromatic N) is 1. The molecule has 0 bridgehead atoms. The Bertz CT molecular complexity index is 448. The molecule has 1 amide bonds. The van der Waals surface area contributed by atoms with E-state index in [9.17, 15) is 4.79 Å². The van der Waals surface area contributed by atoms with Gasteiger partial charge in [0.15, 0.2) is 0 Å². The second-order valence-electron chi connectivity index (χ2n) is 5.07. The van der Waals surface area contributed by atoms with Crippen LogP contribution in [0, 0.1) is 12.8 Å². The zero-order valence-electron chi connectivity index (χ0n) is 11.2. The van der Waals surface area contributed by atoms with E-state index in [4.69, 9.17) is 17.3 Å². The van der Waals surface area contributed by atoms with Gasteiger partial charge in [0.05, 0.1) is 5.02 Å². The van der Waals surface area contributed by atoms with Gasteiger partial charge in [-0.15, -0.1) is 23.7 Å². The molecule has 6 heteroatoms. The van der Waals surface area contributed by atoms with Crippen molar-refractivity contribution in [3.63, 3.8) is 0 Å². The van der Waals surface area contributed by atoms with Crippen LogP contribution in [0.1, 0.15) is 35.0 Å². The molecule has 1 saturated heterocycles. The van der Waals surface area contributed by atoms with Gasteiger partial charge in [-0.2, -0.15) is 0 Å². The summed E-state index contributed by atoms with van der Waals surface area (Å²) in [5.41, 5.74) is 6.92. The molecule has 1 aliphatic rings. The summed E-state index contributed by atoms with van der Waals surface area (Å²) in [6.07, 6.45) is 2.14. The number of hydrogen-bond donors (Lipinski definition) is 1. The third-order valence-electron chi connectivity index (χ3n) is 3.58. The van der Waals surface area contributed by atoms with Gasteiger partial charge in [0, 0.05) is 19.1 Å². The number of carbonyl (C=O) groups is 1. The summed E-state index contributed by atoms with van der Waals surface area (Å²) in [5, 5.41) is 2.54. The molecule has 2 rings (SSSR count). The Morgan fingerprint density at radius 3 is 2.84 bits per heavy atom. The first-order valence-corrected chi connectivity index (χ1v) is 7.55. The van der Waals surface area contributed by atoms with E-state index in [1.807, 2.05) is 24.1 Å².